The first-order valence-corrected chi connectivity index (χ1v) is 10.8. The Hall–Kier alpha value is -4.24. The van der Waals surface area contributed by atoms with Crippen LogP contribution in [0.5, 0.6) is 17.2 Å². The highest BCUT2D eigenvalue weighted by Gasteiger charge is 1.99. The van der Waals surface area contributed by atoms with Crippen LogP contribution in [0.15, 0.2) is 115 Å². The number of hydrogen-bond acceptors (Lipinski definition) is 3. The molecule has 0 spiro atoms. The van der Waals surface area contributed by atoms with Crippen molar-refractivity contribution in [1.82, 2.24) is 0 Å². The van der Waals surface area contributed by atoms with Gasteiger partial charge in [0, 0.05) is 6.07 Å². The van der Waals surface area contributed by atoms with Crippen molar-refractivity contribution in [1.29, 1.82) is 0 Å². The molecule has 0 aromatic heterocycles. The van der Waals surface area contributed by atoms with Crippen molar-refractivity contribution < 1.29 is 15.3 Å². The second kappa shape index (κ2) is 12.6. The maximum absolute atomic E-state index is 9.59. The monoisotopic (exact) mass is 436 g/mol. The van der Waals surface area contributed by atoms with E-state index in [1.165, 1.54) is 17.2 Å². The van der Waals surface area contributed by atoms with Crippen LogP contribution in [0, 0.1) is 0 Å². The summed E-state index contributed by atoms with van der Waals surface area (Å²) in [5.74, 6) is 0.525. The zero-order valence-corrected chi connectivity index (χ0v) is 18.4. The van der Waals surface area contributed by atoms with Crippen molar-refractivity contribution in [3.8, 4) is 17.2 Å². The third kappa shape index (κ3) is 8.42. The summed E-state index contributed by atoms with van der Waals surface area (Å²) < 4.78 is 0. The average Bonchev–Trinajstić information content (AvgIpc) is 2.84. The number of hydrogen-bond donors (Lipinski definition) is 3. The third-order valence-corrected chi connectivity index (χ3v) is 4.92. The fourth-order valence-electron chi connectivity index (χ4n) is 3.14. The van der Waals surface area contributed by atoms with E-state index >= 15 is 0 Å². The minimum Gasteiger partial charge on any atom is -0.508 e. The number of aromatic hydroxyl groups is 3. The van der Waals surface area contributed by atoms with E-state index in [4.69, 9.17) is 10.2 Å². The molecule has 3 N–H and O–H groups in total. The standard InChI is InChI=1S/C15H14O2.C15H14O/c16-14-10-9-13(15(17)11-14)8-4-7-12-5-2-1-3-6-12;16-15-11-9-14(10-12-15)8-4-7-13-5-2-1-3-6-13/h1-7,9-11,16-17H,8H2;1-7,9-12,16H,8H2. The van der Waals surface area contributed by atoms with Crippen molar-refractivity contribution in [3.63, 3.8) is 0 Å². The van der Waals surface area contributed by atoms with Gasteiger partial charge in [-0.25, -0.2) is 0 Å². The van der Waals surface area contributed by atoms with Crippen LogP contribution in [0.4, 0.5) is 0 Å². The van der Waals surface area contributed by atoms with Crippen molar-refractivity contribution in [2.75, 3.05) is 0 Å². The fourth-order valence-corrected chi connectivity index (χ4v) is 3.14. The number of benzene rings is 4. The van der Waals surface area contributed by atoms with E-state index < -0.39 is 0 Å². The molecule has 3 nitrogen and oxygen atoms in total. The predicted octanol–water partition coefficient (Wildman–Crippen LogP) is 7.00. The number of phenols is 3. The van der Waals surface area contributed by atoms with Crippen LogP contribution in [0.3, 0.4) is 0 Å². The van der Waals surface area contributed by atoms with Crippen LogP contribution >= 0.6 is 0 Å². The molecule has 3 heteroatoms. The molecule has 0 amide bonds. The first kappa shape index (κ1) is 23.4. The van der Waals surface area contributed by atoms with Gasteiger partial charge in [0.2, 0.25) is 0 Å². The molecule has 0 saturated carbocycles. The van der Waals surface area contributed by atoms with E-state index in [0.29, 0.717) is 12.2 Å². The van der Waals surface area contributed by atoms with Crippen molar-refractivity contribution in [3.05, 3.63) is 138 Å². The van der Waals surface area contributed by atoms with Gasteiger partial charge in [0.15, 0.2) is 0 Å². The first-order valence-electron chi connectivity index (χ1n) is 10.8. The van der Waals surface area contributed by atoms with Crippen molar-refractivity contribution in [2.24, 2.45) is 0 Å². The second-order valence-electron chi connectivity index (χ2n) is 7.51. The summed E-state index contributed by atoms with van der Waals surface area (Å²) in [6.45, 7) is 0. The first-order chi connectivity index (χ1) is 16.1. The van der Waals surface area contributed by atoms with E-state index in [2.05, 4.69) is 24.3 Å². The van der Waals surface area contributed by atoms with Crippen molar-refractivity contribution >= 4 is 12.2 Å². The molecule has 0 radical (unpaired) electrons. The lowest BCUT2D eigenvalue weighted by molar-refractivity contribution is 0.447. The number of phenolic OH excluding ortho intramolecular Hbond substituents is 3. The van der Waals surface area contributed by atoms with Gasteiger partial charge >= 0.3 is 0 Å². The lowest BCUT2D eigenvalue weighted by Crippen LogP contribution is -1.82. The molecule has 0 heterocycles. The van der Waals surface area contributed by atoms with Crippen LogP contribution in [-0.2, 0) is 12.8 Å². The van der Waals surface area contributed by atoms with Gasteiger partial charge in [0.25, 0.3) is 0 Å². The average molecular weight is 437 g/mol. The summed E-state index contributed by atoms with van der Waals surface area (Å²) in [6, 6.07) is 32.2. The summed E-state index contributed by atoms with van der Waals surface area (Å²) in [7, 11) is 0. The van der Waals surface area contributed by atoms with Crippen LogP contribution in [-0.4, -0.2) is 15.3 Å². The van der Waals surface area contributed by atoms with E-state index in [1.807, 2.05) is 72.8 Å². The number of allylic oxidation sites excluding steroid dienone is 2. The Morgan fingerprint density at radius 3 is 1.58 bits per heavy atom. The largest absolute Gasteiger partial charge is 0.508 e. The smallest absolute Gasteiger partial charge is 0.122 e. The maximum Gasteiger partial charge on any atom is 0.122 e. The predicted molar refractivity (Wildman–Crippen MR) is 136 cm³/mol. The quantitative estimate of drug-likeness (QED) is 0.305. The van der Waals surface area contributed by atoms with Gasteiger partial charge in [-0.2, -0.15) is 0 Å². The normalized spacial score (nSPS) is 10.8. The zero-order chi connectivity index (χ0) is 23.3. The van der Waals surface area contributed by atoms with Gasteiger partial charge in [-0.05, 0) is 53.3 Å². The molecule has 166 valence electrons. The van der Waals surface area contributed by atoms with Gasteiger partial charge in [0.05, 0.1) is 0 Å². The highest BCUT2D eigenvalue weighted by atomic mass is 16.3. The Labute approximate surface area is 195 Å². The molecule has 0 bridgehead atoms. The van der Waals surface area contributed by atoms with Gasteiger partial charge in [-0.3, -0.25) is 0 Å². The van der Waals surface area contributed by atoms with Crippen LogP contribution in [0.1, 0.15) is 22.3 Å². The summed E-state index contributed by atoms with van der Waals surface area (Å²) in [5.41, 5.74) is 4.34. The minimum atomic E-state index is 0.0817. The Morgan fingerprint density at radius 2 is 1.03 bits per heavy atom. The van der Waals surface area contributed by atoms with Crippen LogP contribution < -0.4 is 0 Å². The Kier molecular flexibility index (Phi) is 8.93. The summed E-state index contributed by atoms with van der Waals surface area (Å²) in [6.07, 6.45) is 9.75. The molecule has 0 unspecified atom stereocenters. The molecular formula is C30H28O3. The highest BCUT2D eigenvalue weighted by molar-refractivity contribution is 5.51. The lowest BCUT2D eigenvalue weighted by atomic mass is 10.1. The molecule has 33 heavy (non-hydrogen) atoms. The number of rotatable bonds is 6. The Balaban J connectivity index is 0.000000186. The van der Waals surface area contributed by atoms with Gasteiger partial charge < -0.3 is 15.3 Å². The summed E-state index contributed by atoms with van der Waals surface area (Å²) >= 11 is 0. The molecule has 4 rings (SSSR count). The van der Waals surface area contributed by atoms with E-state index in [-0.39, 0.29) is 11.5 Å². The molecular weight excluding hydrogens is 408 g/mol. The van der Waals surface area contributed by atoms with Crippen molar-refractivity contribution in [2.45, 2.75) is 12.8 Å². The SMILES string of the molecule is Oc1ccc(CC=Cc2ccccc2)c(O)c1.Oc1ccc(CC=Cc2ccccc2)cc1. The molecule has 0 aliphatic carbocycles. The molecule has 0 aliphatic rings. The Morgan fingerprint density at radius 1 is 0.515 bits per heavy atom. The van der Waals surface area contributed by atoms with E-state index in [0.717, 1.165) is 17.5 Å². The summed E-state index contributed by atoms with van der Waals surface area (Å²) in [4.78, 5) is 0. The molecule has 4 aromatic carbocycles. The van der Waals surface area contributed by atoms with E-state index in [1.54, 1.807) is 24.3 Å². The molecule has 0 atom stereocenters. The molecule has 0 aliphatic heterocycles. The molecule has 4 aromatic rings. The fraction of sp³-hybridized carbons (Fsp3) is 0.0667. The summed E-state index contributed by atoms with van der Waals surface area (Å²) in [5, 5.41) is 27.9. The van der Waals surface area contributed by atoms with Crippen LogP contribution in [0.25, 0.3) is 12.2 Å². The second-order valence-corrected chi connectivity index (χ2v) is 7.51. The Bertz CT molecular complexity index is 1160. The highest BCUT2D eigenvalue weighted by Crippen LogP contribution is 2.23. The van der Waals surface area contributed by atoms with E-state index in [9.17, 15) is 5.11 Å². The zero-order valence-electron chi connectivity index (χ0n) is 18.4. The third-order valence-electron chi connectivity index (χ3n) is 4.92. The van der Waals surface area contributed by atoms with Gasteiger partial charge in [-0.1, -0.05) is 103 Å². The maximum atomic E-state index is 9.59. The molecule has 0 saturated heterocycles. The van der Waals surface area contributed by atoms with Crippen LogP contribution in [0.2, 0.25) is 0 Å². The topological polar surface area (TPSA) is 60.7 Å². The van der Waals surface area contributed by atoms with Gasteiger partial charge in [0.1, 0.15) is 17.2 Å². The van der Waals surface area contributed by atoms with Gasteiger partial charge in [-0.15, -0.1) is 0 Å². The minimum absolute atomic E-state index is 0.0817. The molecule has 0 fully saturated rings. The lowest BCUT2D eigenvalue weighted by Gasteiger charge is -2.01.